The van der Waals surface area contributed by atoms with Crippen LogP contribution in [0.2, 0.25) is 0 Å². The topological polar surface area (TPSA) is 35.5 Å². The molecule has 0 N–H and O–H groups in total. The summed E-state index contributed by atoms with van der Waals surface area (Å²) in [6.07, 6.45) is 1.34. The van der Waals surface area contributed by atoms with Crippen molar-refractivity contribution in [2.75, 3.05) is 7.11 Å². The van der Waals surface area contributed by atoms with E-state index in [0.717, 1.165) is 12.2 Å². The molecule has 1 heterocycles. The Bertz CT molecular complexity index is 659. The number of ether oxygens (including phenoxy) is 2. The molecule has 0 amide bonds. The Hall–Kier alpha value is -2.29. The molecule has 21 heavy (non-hydrogen) atoms. The molecule has 0 radical (unpaired) electrons. The summed E-state index contributed by atoms with van der Waals surface area (Å²) in [6, 6.07) is 13.8. The van der Waals surface area contributed by atoms with Gasteiger partial charge in [-0.1, -0.05) is 25.1 Å². The summed E-state index contributed by atoms with van der Waals surface area (Å²) < 4.78 is 10.8. The predicted molar refractivity (Wildman–Crippen MR) is 82.1 cm³/mol. The minimum atomic E-state index is 0.0112. The first-order valence-electron chi connectivity index (χ1n) is 7.19. The van der Waals surface area contributed by atoms with Crippen molar-refractivity contribution in [3.05, 3.63) is 48.0 Å². The lowest BCUT2D eigenvalue weighted by Gasteiger charge is -2.24. The van der Waals surface area contributed by atoms with Crippen molar-refractivity contribution < 1.29 is 14.3 Å². The number of ketones is 1. The number of hydrogen-bond donors (Lipinski definition) is 0. The van der Waals surface area contributed by atoms with Crippen LogP contribution in [0.15, 0.2) is 42.5 Å². The highest BCUT2D eigenvalue weighted by Crippen LogP contribution is 2.33. The molecule has 1 aromatic carbocycles. The summed E-state index contributed by atoms with van der Waals surface area (Å²) in [4.78, 5) is 11.7. The van der Waals surface area contributed by atoms with Crippen LogP contribution in [0.3, 0.4) is 0 Å². The van der Waals surface area contributed by atoms with Crippen LogP contribution >= 0.6 is 0 Å². The maximum Gasteiger partial charge on any atom is 0.170 e. The second-order valence-electron chi connectivity index (χ2n) is 5.22. The number of carbonyl (C=O) groups is 1. The van der Waals surface area contributed by atoms with Gasteiger partial charge in [-0.3, -0.25) is 4.79 Å². The van der Waals surface area contributed by atoms with Crippen molar-refractivity contribution in [3.8, 4) is 22.6 Å². The number of Topliss-reactive ketones (excluding diaryl/α,β-unsaturated/α-hetero) is 1. The Morgan fingerprint density at radius 3 is 2.48 bits per heavy atom. The van der Waals surface area contributed by atoms with Gasteiger partial charge in [-0.05, 0) is 35.7 Å². The van der Waals surface area contributed by atoms with Crippen molar-refractivity contribution >= 4 is 5.78 Å². The summed E-state index contributed by atoms with van der Waals surface area (Å²) in [7, 11) is 1.60. The molecule has 2 aliphatic carbocycles. The van der Waals surface area contributed by atoms with Crippen LogP contribution in [-0.4, -0.2) is 19.0 Å². The molecule has 1 atom stereocenters. The van der Waals surface area contributed by atoms with Crippen LogP contribution < -0.4 is 9.47 Å². The quantitative estimate of drug-likeness (QED) is 0.709. The molecule has 0 spiro atoms. The molecule has 1 unspecified atom stereocenters. The molecule has 3 aliphatic rings. The van der Waals surface area contributed by atoms with Crippen LogP contribution in [-0.2, 0) is 0 Å². The Morgan fingerprint density at radius 1 is 1.19 bits per heavy atom. The number of methoxy groups -OCH3 is 1. The minimum Gasteiger partial charge on any atom is -0.497 e. The standard InChI is InChI=1S/C12H14O3.C6H4/c1-3-8-6-11(13)10-5-4-9(14-2)7-12(10)15-8;1-2-5-4-6(5)3-1/h4-5,7-8H,3,6H2,1-2H3;1-4H. The van der Waals surface area contributed by atoms with Gasteiger partial charge in [-0.2, -0.15) is 0 Å². The molecule has 3 heteroatoms. The SMILES string of the molecule is CCC1CC(=O)c2ccc(OC)cc2O1.c1cc2cc-2c1. The lowest BCUT2D eigenvalue weighted by atomic mass is 9.99. The second-order valence-corrected chi connectivity index (χ2v) is 5.22. The molecule has 3 nitrogen and oxygen atoms in total. The zero-order chi connectivity index (χ0) is 14.8. The van der Waals surface area contributed by atoms with E-state index >= 15 is 0 Å². The highest BCUT2D eigenvalue weighted by atomic mass is 16.5. The number of fused-ring (bicyclic) bond motifs is 2. The second kappa shape index (κ2) is 5.60. The van der Waals surface area contributed by atoms with E-state index in [4.69, 9.17) is 9.47 Å². The summed E-state index contributed by atoms with van der Waals surface area (Å²) in [5, 5.41) is 0. The van der Waals surface area contributed by atoms with Gasteiger partial charge in [0.25, 0.3) is 0 Å². The summed E-state index contributed by atoms with van der Waals surface area (Å²) in [6.45, 7) is 2.02. The van der Waals surface area contributed by atoms with Crippen LogP contribution in [0, 0.1) is 0 Å². The third kappa shape index (κ3) is 2.92. The smallest absolute Gasteiger partial charge is 0.170 e. The summed E-state index contributed by atoms with van der Waals surface area (Å²) >= 11 is 0. The number of carbonyl (C=O) groups excluding carboxylic acids is 1. The number of hydrogen-bond acceptors (Lipinski definition) is 3. The van der Waals surface area contributed by atoms with Gasteiger partial charge in [-0.25, -0.2) is 0 Å². The van der Waals surface area contributed by atoms with Gasteiger partial charge in [0.1, 0.15) is 17.6 Å². The fourth-order valence-corrected chi connectivity index (χ4v) is 2.40. The average molecular weight is 282 g/mol. The predicted octanol–water partition coefficient (Wildman–Crippen LogP) is 4.11. The van der Waals surface area contributed by atoms with Gasteiger partial charge in [0.15, 0.2) is 5.78 Å². The van der Waals surface area contributed by atoms with Gasteiger partial charge < -0.3 is 9.47 Å². The number of benzene rings is 2. The third-order valence-corrected chi connectivity index (χ3v) is 3.76. The molecular formula is C18H18O3. The summed E-state index contributed by atoms with van der Waals surface area (Å²) in [5.74, 6) is 1.53. The van der Waals surface area contributed by atoms with Crippen LogP contribution in [0.5, 0.6) is 11.5 Å². The van der Waals surface area contributed by atoms with Crippen LogP contribution in [0.4, 0.5) is 0 Å². The van der Waals surface area contributed by atoms with E-state index in [-0.39, 0.29) is 11.9 Å². The Morgan fingerprint density at radius 2 is 1.95 bits per heavy atom. The van der Waals surface area contributed by atoms with Gasteiger partial charge in [-0.15, -0.1) is 0 Å². The van der Waals surface area contributed by atoms with Crippen LogP contribution in [0.1, 0.15) is 30.1 Å². The molecule has 0 saturated heterocycles. The monoisotopic (exact) mass is 282 g/mol. The van der Waals surface area contributed by atoms with Crippen molar-refractivity contribution in [2.45, 2.75) is 25.9 Å². The highest BCUT2D eigenvalue weighted by Gasteiger charge is 2.25. The number of rotatable bonds is 2. The zero-order valence-electron chi connectivity index (χ0n) is 12.3. The van der Waals surface area contributed by atoms with Gasteiger partial charge in [0, 0.05) is 12.5 Å². The molecule has 1 aromatic rings. The van der Waals surface area contributed by atoms with Gasteiger partial charge in [0.05, 0.1) is 12.7 Å². The van der Waals surface area contributed by atoms with Crippen molar-refractivity contribution in [3.63, 3.8) is 0 Å². The average Bonchev–Trinajstić information content (AvgIpc) is 3.12. The fraction of sp³-hybridized carbons (Fsp3) is 0.278. The largest absolute Gasteiger partial charge is 0.497 e. The molecule has 108 valence electrons. The maximum absolute atomic E-state index is 11.7. The van der Waals surface area contributed by atoms with E-state index in [0.29, 0.717) is 17.7 Å². The molecule has 4 rings (SSSR count). The molecule has 0 bridgehead atoms. The van der Waals surface area contributed by atoms with E-state index in [2.05, 4.69) is 24.3 Å². The minimum absolute atomic E-state index is 0.0112. The van der Waals surface area contributed by atoms with Crippen LogP contribution in [0.25, 0.3) is 11.1 Å². The first-order chi connectivity index (χ1) is 10.2. The zero-order valence-corrected chi connectivity index (χ0v) is 12.3. The Balaban J connectivity index is 0.000000180. The first kappa shape index (κ1) is 13.7. The molecule has 0 aromatic heterocycles. The van der Waals surface area contributed by atoms with Gasteiger partial charge >= 0.3 is 0 Å². The first-order valence-corrected chi connectivity index (χ1v) is 7.19. The van der Waals surface area contributed by atoms with E-state index < -0.39 is 0 Å². The Labute approximate surface area is 124 Å². The normalized spacial score (nSPS) is 17.0. The van der Waals surface area contributed by atoms with E-state index in [1.165, 1.54) is 11.1 Å². The maximum atomic E-state index is 11.7. The van der Waals surface area contributed by atoms with Crippen molar-refractivity contribution in [1.29, 1.82) is 0 Å². The van der Waals surface area contributed by atoms with Gasteiger partial charge in [0.2, 0.25) is 0 Å². The lowest BCUT2D eigenvalue weighted by Crippen LogP contribution is -2.26. The van der Waals surface area contributed by atoms with E-state index in [1.807, 2.05) is 6.92 Å². The molecule has 0 saturated carbocycles. The fourth-order valence-electron chi connectivity index (χ4n) is 2.40. The van der Waals surface area contributed by atoms with E-state index in [9.17, 15) is 4.79 Å². The molecule has 1 aliphatic heterocycles. The summed E-state index contributed by atoms with van der Waals surface area (Å²) in [5.41, 5.74) is 3.52. The Kier molecular flexibility index (Phi) is 3.65. The van der Waals surface area contributed by atoms with Crippen molar-refractivity contribution in [1.82, 2.24) is 0 Å². The molecule has 0 fully saturated rings. The van der Waals surface area contributed by atoms with E-state index in [1.54, 1.807) is 25.3 Å². The van der Waals surface area contributed by atoms with Crippen molar-refractivity contribution in [2.24, 2.45) is 0 Å². The lowest BCUT2D eigenvalue weighted by molar-refractivity contribution is 0.0845. The highest BCUT2D eigenvalue weighted by molar-refractivity contribution is 6.00. The molecular weight excluding hydrogens is 264 g/mol. The third-order valence-electron chi connectivity index (χ3n) is 3.76.